The molecule has 2 aromatic rings. The van der Waals surface area contributed by atoms with Crippen molar-refractivity contribution in [3.05, 3.63) is 34.3 Å². The minimum atomic E-state index is -0.378. The second kappa shape index (κ2) is 3.75. The van der Waals surface area contributed by atoms with E-state index in [4.69, 9.17) is 9.68 Å². The Balaban J connectivity index is 2.28. The summed E-state index contributed by atoms with van der Waals surface area (Å²) in [4.78, 5) is 11.9. The third-order valence-corrected chi connectivity index (χ3v) is 3.16. The zero-order chi connectivity index (χ0) is 11.8. The molecule has 5 heteroatoms. The Bertz CT molecular complexity index is 656. The maximum absolute atomic E-state index is 11.9. The Morgan fingerprint density at radius 2 is 2.41 bits per heavy atom. The van der Waals surface area contributed by atoms with Crippen LogP contribution in [0.4, 0.5) is 0 Å². The van der Waals surface area contributed by atoms with Crippen LogP contribution in [0.3, 0.4) is 0 Å². The topological polar surface area (TPSA) is 71.0 Å². The zero-order valence-electron chi connectivity index (χ0n) is 9.14. The van der Waals surface area contributed by atoms with Crippen LogP contribution in [0, 0.1) is 11.3 Å². The maximum atomic E-state index is 11.9. The van der Waals surface area contributed by atoms with Gasteiger partial charge >= 0.3 is 5.76 Å². The molecule has 1 unspecified atom stereocenters. The van der Waals surface area contributed by atoms with Gasteiger partial charge in [0.05, 0.1) is 17.1 Å². The second-order valence-corrected chi connectivity index (χ2v) is 4.15. The molecule has 0 spiro atoms. The number of fused-ring (bicyclic) bond motifs is 1. The number of rotatable bonds is 1. The minimum Gasteiger partial charge on any atom is -0.406 e. The Hall–Kier alpha value is -2.06. The average Bonchev–Trinajstić information content (AvgIpc) is 2.93. The first-order valence-corrected chi connectivity index (χ1v) is 5.56. The highest BCUT2D eigenvalue weighted by Crippen LogP contribution is 2.22. The van der Waals surface area contributed by atoms with Gasteiger partial charge < -0.3 is 9.73 Å². The minimum absolute atomic E-state index is 0.123. The normalized spacial score (nSPS) is 19.6. The summed E-state index contributed by atoms with van der Waals surface area (Å²) >= 11 is 0. The molecule has 0 aliphatic carbocycles. The van der Waals surface area contributed by atoms with Crippen LogP contribution >= 0.6 is 0 Å². The molecule has 0 bridgehead atoms. The lowest BCUT2D eigenvalue weighted by Crippen LogP contribution is -2.22. The smallest absolute Gasteiger partial charge is 0.406 e. The molecule has 1 aliphatic rings. The van der Waals surface area contributed by atoms with E-state index in [0.717, 1.165) is 19.5 Å². The summed E-state index contributed by atoms with van der Waals surface area (Å²) in [5.74, 6) is -0.378. The summed E-state index contributed by atoms with van der Waals surface area (Å²) in [6, 6.07) is 7.41. The van der Waals surface area contributed by atoms with Crippen LogP contribution in [0.1, 0.15) is 18.0 Å². The van der Waals surface area contributed by atoms with Crippen molar-refractivity contribution < 1.29 is 4.42 Å². The number of benzene rings is 1. The first-order valence-electron chi connectivity index (χ1n) is 5.56. The van der Waals surface area contributed by atoms with E-state index in [-0.39, 0.29) is 11.8 Å². The van der Waals surface area contributed by atoms with E-state index in [9.17, 15) is 4.79 Å². The number of para-hydroxylation sites is 1. The number of nitrogens with zero attached hydrogens (tertiary/aromatic N) is 2. The van der Waals surface area contributed by atoms with Crippen molar-refractivity contribution in [3.63, 3.8) is 0 Å². The molecular formula is C12H11N3O2. The monoisotopic (exact) mass is 229 g/mol. The summed E-state index contributed by atoms with van der Waals surface area (Å²) in [6.07, 6.45) is 0.908. The fourth-order valence-electron chi connectivity index (χ4n) is 2.35. The van der Waals surface area contributed by atoms with E-state index in [2.05, 4.69) is 5.32 Å². The second-order valence-electron chi connectivity index (χ2n) is 4.15. The van der Waals surface area contributed by atoms with Crippen molar-refractivity contribution in [1.82, 2.24) is 9.88 Å². The molecule has 17 heavy (non-hydrogen) atoms. The third kappa shape index (κ3) is 1.46. The summed E-state index contributed by atoms with van der Waals surface area (Å²) in [5.41, 5.74) is 1.51. The number of hydrogen-bond acceptors (Lipinski definition) is 4. The SMILES string of the molecule is N#Cc1cccc2c1oc(=O)n2C1CCNC1. The van der Waals surface area contributed by atoms with Crippen molar-refractivity contribution in [2.45, 2.75) is 12.5 Å². The van der Waals surface area contributed by atoms with Gasteiger partial charge in [0, 0.05) is 6.54 Å². The van der Waals surface area contributed by atoms with Crippen molar-refractivity contribution in [1.29, 1.82) is 5.26 Å². The molecule has 1 saturated heterocycles. The lowest BCUT2D eigenvalue weighted by molar-refractivity contribution is 0.459. The predicted octanol–water partition coefficient (Wildman–Crippen LogP) is 1.00. The number of nitriles is 1. The van der Waals surface area contributed by atoms with Gasteiger partial charge in [0.15, 0.2) is 5.58 Å². The third-order valence-electron chi connectivity index (χ3n) is 3.16. The van der Waals surface area contributed by atoms with Gasteiger partial charge in [-0.1, -0.05) is 6.07 Å². The Morgan fingerprint density at radius 3 is 3.12 bits per heavy atom. The molecule has 1 N–H and O–H groups in total. The van der Waals surface area contributed by atoms with Gasteiger partial charge in [-0.25, -0.2) is 4.79 Å². The van der Waals surface area contributed by atoms with Gasteiger partial charge in [0.1, 0.15) is 6.07 Å². The molecule has 1 fully saturated rings. The fraction of sp³-hybridized carbons (Fsp3) is 0.333. The number of nitrogens with one attached hydrogen (secondary N) is 1. The zero-order valence-corrected chi connectivity index (χ0v) is 9.14. The van der Waals surface area contributed by atoms with Crippen LogP contribution in [0.15, 0.2) is 27.4 Å². The lowest BCUT2D eigenvalue weighted by atomic mass is 10.2. The van der Waals surface area contributed by atoms with Crippen molar-refractivity contribution in [3.8, 4) is 6.07 Å². The molecule has 1 aromatic heterocycles. The van der Waals surface area contributed by atoms with Crippen LogP contribution in [-0.2, 0) is 0 Å². The lowest BCUT2D eigenvalue weighted by Gasteiger charge is -2.08. The van der Waals surface area contributed by atoms with Gasteiger partial charge in [-0.05, 0) is 25.1 Å². The van der Waals surface area contributed by atoms with Gasteiger partial charge in [0.2, 0.25) is 0 Å². The molecule has 0 amide bonds. The van der Waals surface area contributed by atoms with E-state index in [0.29, 0.717) is 16.7 Å². The van der Waals surface area contributed by atoms with E-state index in [1.165, 1.54) is 0 Å². The molecule has 1 aliphatic heterocycles. The van der Waals surface area contributed by atoms with Crippen LogP contribution in [0.5, 0.6) is 0 Å². The molecule has 1 aromatic carbocycles. The summed E-state index contributed by atoms with van der Waals surface area (Å²) in [7, 11) is 0. The van der Waals surface area contributed by atoms with E-state index >= 15 is 0 Å². The van der Waals surface area contributed by atoms with E-state index in [1.807, 2.05) is 12.1 Å². The largest absolute Gasteiger partial charge is 0.420 e. The van der Waals surface area contributed by atoms with E-state index < -0.39 is 0 Å². The van der Waals surface area contributed by atoms with Crippen molar-refractivity contribution in [2.24, 2.45) is 0 Å². The Morgan fingerprint density at radius 1 is 1.53 bits per heavy atom. The van der Waals surface area contributed by atoms with Gasteiger partial charge in [-0.2, -0.15) is 5.26 Å². The highest BCUT2D eigenvalue weighted by molar-refractivity contribution is 5.79. The fourth-order valence-corrected chi connectivity index (χ4v) is 2.35. The first-order chi connectivity index (χ1) is 8.31. The number of oxazole rings is 1. The number of aromatic nitrogens is 1. The summed E-state index contributed by atoms with van der Waals surface area (Å²) in [6.45, 7) is 1.67. The van der Waals surface area contributed by atoms with Crippen LogP contribution in [-0.4, -0.2) is 17.7 Å². The summed E-state index contributed by atoms with van der Waals surface area (Å²) in [5, 5.41) is 12.2. The van der Waals surface area contributed by atoms with E-state index in [1.54, 1.807) is 16.7 Å². The predicted molar refractivity (Wildman–Crippen MR) is 61.7 cm³/mol. The molecule has 0 saturated carbocycles. The quantitative estimate of drug-likeness (QED) is 0.791. The standard InChI is InChI=1S/C12H11N3O2/c13-6-8-2-1-3-10-11(8)17-12(16)15(10)9-4-5-14-7-9/h1-3,9,14H,4-5,7H2. The van der Waals surface area contributed by atoms with Gasteiger partial charge in [-0.15, -0.1) is 0 Å². The Kier molecular flexibility index (Phi) is 2.23. The van der Waals surface area contributed by atoms with Crippen LogP contribution < -0.4 is 11.1 Å². The molecule has 2 heterocycles. The number of hydrogen-bond donors (Lipinski definition) is 1. The van der Waals surface area contributed by atoms with Crippen molar-refractivity contribution in [2.75, 3.05) is 13.1 Å². The highest BCUT2D eigenvalue weighted by atomic mass is 16.4. The maximum Gasteiger partial charge on any atom is 0.420 e. The molecular weight excluding hydrogens is 218 g/mol. The first kappa shape index (κ1) is 10.1. The van der Waals surface area contributed by atoms with Gasteiger partial charge in [0.25, 0.3) is 0 Å². The van der Waals surface area contributed by atoms with Crippen molar-refractivity contribution >= 4 is 11.1 Å². The molecule has 5 nitrogen and oxygen atoms in total. The molecule has 3 rings (SSSR count). The summed E-state index contributed by atoms with van der Waals surface area (Å²) < 4.78 is 6.84. The van der Waals surface area contributed by atoms with Crippen LogP contribution in [0.25, 0.3) is 11.1 Å². The van der Waals surface area contributed by atoms with Gasteiger partial charge in [-0.3, -0.25) is 4.57 Å². The molecule has 1 atom stereocenters. The molecule has 0 radical (unpaired) electrons. The highest BCUT2D eigenvalue weighted by Gasteiger charge is 2.22. The molecule has 86 valence electrons. The van der Waals surface area contributed by atoms with Crippen LogP contribution in [0.2, 0.25) is 0 Å². The average molecular weight is 229 g/mol. The Labute approximate surface area is 97.3 Å².